The number of ether oxygens (including phenoxy) is 3. The van der Waals surface area contributed by atoms with Gasteiger partial charge in [0.05, 0.1) is 25.8 Å². The summed E-state index contributed by atoms with van der Waals surface area (Å²) < 4.78 is 15.9. The van der Waals surface area contributed by atoms with Crippen LogP contribution in [0.2, 0.25) is 0 Å². The van der Waals surface area contributed by atoms with Crippen molar-refractivity contribution in [3.05, 3.63) is 64.7 Å². The summed E-state index contributed by atoms with van der Waals surface area (Å²) in [6, 6.07) is 11.8. The highest BCUT2D eigenvalue weighted by atomic mass is 16.5. The molecule has 0 spiro atoms. The average Bonchev–Trinajstić information content (AvgIpc) is 3.03. The molecule has 3 rings (SSSR count). The SMILES string of the molecule is COCCCN1C(=O)C(=O)/C(=C(/O)c2c(OC)cccc2OC)C1c1ccccc1C. The summed E-state index contributed by atoms with van der Waals surface area (Å²) in [5.41, 5.74) is 1.93. The molecule has 1 aliphatic heterocycles. The van der Waals surface area contributed by atoms with Crippen molar-refractivity contribution in [1.82, 2.24) is 4.90 Å². The summed E-state index contributed by atoms with van der Waals surface area (Å²) in [6.45, 7) is 2.68. The third-order valence-electron chi connectivity index (χ3n) is 5.44. The molecule has 0 radical (unpaired) electrons. The molecule has 2 aromatic carbocycles. The molecule has 1 heterocycles. The number of aryl methyl sites for hydroxylation is 1. The number of aliphatic hydroxyl groups is 1. The van der Waals surface area contributed by atoms with Crippen LogP contribution in [0.5, 0.6) is 11.5 Å². The number of benzene rings is 2. The van der Waals surface area contributed by atoms with E-state index in [1.54, 1.807) is 25.3 Å². The van der Waals surface area contributed by atoms with E-state index in [4.69, 9.17) is 14.2 Å². The number of likely N-dealkylation sites (tertiary alicyclic amines) is 1. The molecule has 1 aliphatic rings. The number of carbonyl (C=O) groups is 2. The Labute approximate surface area is 181 Å². The second kappa shape index (κ2) is 9.66. The first-order valence-corrected chi connectivity index (χ1v) is 10.0. The first-order chi connectivity index (χ1) is 15.0. The second-order valence-electron chi connectivity index (χ2n) is 7.23. The Kier molecular flexibility index (Phi) is 6.97. The lowest BCUT2D eigenvalue weighted by atomic mass is 9.92. The van der Waals surface area contributed by atoms with E-state index in [-0.39, 0.29) is 16.9 Å². The molecule has 31 heavy (non-hydrogen) atoms. The molecule has 1 N–H and O–H groups in total. The summed E-state index contributed by atoms with van der Waals surface area (Å²) in [5.74, 6) is -1.04. The van der Waals surface area contributed by atoms with Gasteiger partial charge >= 0.3 is 0 Å². The summed E-state index contributed by atoms with van der Waals surface area (Å²) in [4.78, 5) is 27.6. The maximum absolute atomic E-state index is 13.1. The van der Waals surface area contributed by atoms with E-state index in [9.17, 15) is 14.7 Å². The first kappa shape index (κ1) is 22.4. The standard InChI is InChI=1S/C24H27NO6/c1-15-9-5-6-10-16(15)21-20(23(27)24(28)25(21)13-8-14-29-2)22(26)19-17(30-3)11-7-12-18(19)31-4/h5-7,9-12,21,26H,8,13-14H2,1-4H3/b22-20+. The Balaban J connectivity index is 2.25. The van der Waals surface area contributed by atoms with Crippen LogP contribution >= 0.6 is 0 Å². The minimum atomic E-state index is -0.740. The Morgan fingerprint density at radius 1 is 1.00 bits per heavy atom. The van der Waals surface area contributed by atoms with Crippen molar-refractivity contribution in [1.29, 1.82) is 0 Å². The lowest BCUT2D eigenvalue weighted by Gasteiger charge is -2.26. The molecule has 1 unspecified atom stereocenters. The lowest BCUT2D eigenvalue weighted by molar-refractivity contribution is -0.140. The van der Waals surface area contributed by atoms with Gasteiger partial charge in [-0.05, 0) is 36.6 Å². The summed E-state index contributed by atoms with van der Waals surface area (Å²) in [7, 11) is 4.52. The van der Waals surface area contributed by atoms with E-state index in [0.29, 0.717) is 31.1 Å². The van der Waals surface area contributed by atoms with Crippen molar-refractivity contribution in [3.8, 4) is 11.5 Å². The Bertz CT molecular complexity index is 991. The van der Waals surface area contributed by atoms with Gasteiger partial charge in [0, 0.05) is 20.3 Å². The fourth-order valence-corrected chi connectivity index (χ4v) is 3.93. The van der Waals surface area contributed by atoms with Gasteiger partial charge in [0.25, 0.3) is 11.7 Å². The average molecular weight is 425 g/mol. The van der Waals surface area contributed by atoms with Crippen LogP contribution in [0.15, 0.2) is 48.0 Å². The van der Waals surface area contributed by atoms with Gasteiger partial charge in [-0.25, -0.2) is 0 Å². The maximum atomic E-state index is 13.1. The molecule has 7 nitrogen and oxygen atoms in total. The molecule has 1 amide bonds. The lowest BCUT2D eigenvalue weighted by Crippen LogP contribution is -2.31. The Hall–Kier alpha value is -3.32. The first-order valence-electron chi connectivity index (χ1n) is 10.0. The van der Waals surface area contributed by atoms with Crippen LogP contribution in [0, 0.1) is 6.92 Å². The predicted octanol–water partition coefficient (Wildman–Crippen LogP) is 3.47. The van der Waals surface area contributed by atoms with Gasteiger partial charge in [-0.3, -0.25) is 9.59 Å². The van der Waals surface area contributed by atoms with Crippen LogP contribution in [0.1, 0.15) is 29.2 Å². The van der Waals surface area contributed by atoms with E-state index in [1.807, 2.05) is 31.2 Å². The number of hydrogen-bond acceptors (Lipinski definition) is 6. The zero-order valence-corrected chi connectivity index (χ0v) is 18.2. The van der Waals surface area contributed by atoms with Crippen molar-refractivity contribution in [2.45, 2.75) is 19.4 Å². The number of aliphatic hydroxyl groups excluding tert-OH is 1. The van der Waals surface area contributed by atoms with Crippen LogP contribution in [0.4, 0.5) is 0 Å². The fraction of sp³-hybridized carbons (Fsp3) is 0.333. The third kappa shape index (κ3) is 4.14. The molecule has 1 fully saturated rings. The second-order valence-corrected chi connectivity index (χ2v) is 7.23. The van der Waals surface area contributed by atoms with Gasteiger partial charge < -0.3 is 24.2 Å². The predicted molar refractivity (Wildman–Crippen MR) is 116 cm³/mol. The highest BCUT2D eigenvalue weighted by Crippen LogP contribution is 2.44. The summed E-state index contributed by atoms with van der Waals surface area (Å²) in [6.07, 6.45) is 0.559. The topological polar surface area (TPSA) is 85.3 Å². The number of amides is 1. The van der Waals surface area contributed by atoms with Gasteiger partial charge in [0.2, 0.25) is 0 Å². The van der Waals surface area contributed by atoms with Crippen LogP contribution in [0.25, 0.3) is 5.76 Å². The van der Waals surface area contributed by atoms with Crippen molar-refractivity contribution in [3.63, 3.8) is 0 Å². The van der Waals surface area contributed by atoms with Gasteiger partial charge in [-0.1, -0.05) is 30.3 Å². The molecule has 0 bridgehead atoms. The van der Waals surface area contributed by atoms with Gasteiger partial charge in [0.1, 0.15) is 22.8 Å². The number of methoxy groups -OCH3 is 3. The van der Waals surface area contributed by atoms with Gasteiger partial charge in [0.15, 0.2) is 0 Å². The Morgan fingerprint density at radius 3 is 2.23 bits per heavy atom. The zero-order valence-electron chi connectivity index (χ0n) is 18.2. The van der Waals surface area contributed by atoms with E-state index in [2.05, 4.69) is 0 Å². The van der Waals surface area contributed by atoms with Crippen molar-refractivity contribution in [2.75, 3.05) is 34.5 Å². The highest BCUT2D eigenvalue weighted by molar-refractivity contribution is 6.46. The minimum absolute atomic E-state index is 0.0134. The zero-order chi connectivity index (χ0) is 22.5. The molecule has 1 atom stereocenters. The molecule has 1 saturated heterocycles. The van der Waals surface area contributed by atoms with Gasteiger partial charge in [-0.15, -0.1) is 0 Å². The van der Waals surface area contributed by atoms with Crippen molar-refractivity contribution < 1.29 is 28.9 Å². The fourth-order valence-electron chi connectivity index (χ4n) is 3.93. The largest absolute Gasteiger partial charge is 0.506 e. The van der Waals surface area contributed by atoms with E-state index < -0.39 is 17.7 Å². The molecule has 0 saturated carbocycles. The van der Waals surface area contributed by atoms with Gasteiger partial charge in [-0.2, -0.15) is 0 Å². The Morgan fingerprint density at radius 2 is 1.65 bits per heavy atom. The monoisotopic (exact) mass is 425 g/mol. The molecule has 0 aromatic heterocycles. The molecule has 164 valence electrons. The van der Waals surface area contributed by atoms with Crippen LogP contribution in [0.3, 0.4) is 0 Å². The quantitative estimate of drug-likeness (QED) is 0.302. The van der Waals surface area contributed by atoms with Crippen LogP contribution in [-0.2, 0) is 14.3 Å². The number of rotatable bonds is 8. The summed E-state index contributed by atoms with van der Waals surface area (Å²) >= 11 is 0. The van der Waals surface area contributed by atoms with E-state index in [1.165, 1.54) is 19.1 Å². The molecular formula is C24H27NO6. The number of hydrogen-bond donors (Lipinski definition) is 1. The number of carbonyl (C=O) groups excluding carboxylic acids is 2. The normalized spacial score (nSPS) is 17.8. The van der Waals surface area contributed by atoms with Crippen molar-refractivity contribution in [2.24, 2.45) is 0 Å². The number of Topliss-reactive ketones (excluding diaryl/α,β-unsaturated/α-hetero) is 1. The van der Waals surface area contributed by atoms with E-state index >= 15 is 0 Å². The molecule has 7 heteroatoms. The van der Waals surface area contributed by atoms with Crippen LogP contribution in [-0.4, -0.2) is 56.2 Å². The van der Waals surface area contributed by atoms with Crippen molar-refractivity contribution >= 4 is 17.4 Å². The highest BCUT2D eigenvalue weighted by Gasteiger charge is 2.46. The number of ketones is 1. The van der Waals surface area contributed by atoms with E-state index in [0.717, 1.165) is 11.1 Å². The smallest absolute Gasteiger partial charge is 0.295 e. The molecule has 2 aromatic rings. The maximum Gasteiger partial charge on any atom is 0.295 e. The number of nitrogens with zero attached hydrogens (tertiary/aromatic N) is 1. The molecule has 0 aliphatic carbocycles. The summed E-state index contributed by atoms with van der Waals surface area (Å²) in [5, 5.41) is 11.3. The minimum Gasteiger partial charge on any atom is -0.506 e. The third-order valence-corrected chi connectivity index (χ3v) is 5.44. The van der Waals surface area contributed by atoms with Crippen LogP contribution < -0.4 is 9.47 Å². The molecular weight excluding hydrogens is 398 g/mol.